The smallest absolute Gasteiger partial charge is 0.362 e. The van der Waals surface area contributed by atoms with Gasteiger partial charge in [-0.25, -0.2) is 0 Å². The molecular formula is C9H7NO5S. The van der Waals surface area contributed by atoms with Crippen LogP contribution in [0.2, 0.25) is 0 Å². The lowest BCUT2D eigenvalue weighted by atomic mass is 10.3. The number of para-hydroxylation sites is 1. The summed E-state index contributed by atoms with van der Waals surface area (Å²) in [4.78, 5) is 9.98. The zero-order chi connectivity index (χ0) is 12.0. The summed E-state index contributed by atoms with van der Waals surface area (Å²) in [5.74, 6) is 0.0391. The second-order valence-corrected chi connectivity index (χ2v) is 4.16. The third-order valence-corrected chi connectivity index (χ3v) is 2.67. The van der Waals surface area contributed by atoms with E-state index >= 15 is 0 Å². The van der Waals surface area contributed by atoms with Gasteiger partial charge >= 0.3 is 15.6 Å². The zero-order valence-corrected chi connectivity index (χ0v) is 8.75. The Balaban J connectivity index is 2.87. The molecule has 7 heteroatoms. The molecule has 0 saturated carbocycles. The van der Waals surface area contributed by atoms with Gasteiger partial charge in [0, 0.05) is 0 Å². The third kappa shape index (κ3) is 2.96. The Morgan fingerprint density at radius 3 is 2.44 bits per heavy atom. The molecule has 0 N–H and O–H groups in total. The Morgan fingerprint density at radius 1 is 1.31 bits per heavy atom. The van der Waals surface area contributed by atoms with Crippen molar-refractivity contribution in [3.05, 3.63) is 30.3 Å². The minimum Gasteiger partial charge on any atom is -0.430 e. The SMILES string of the molecule is N#CC(OC=O)S(=O)(=O)Oc1ccccc1. The van der Waals surface area contributed by atoms with Gasteiger partial charge in [0.15, 0.2) is 0 Å². The van der Waals surface area contributed by atoms with Gasteiger partial charge in [0.2, 0.25) is 0 Å². The van der Waals surface area contributed by atoms with Crippen LogP contribution in [-0.4, -0.2) is 20.3 Å². The number of rotatable bonds is 5. The maximum atomic E-state index is 11.4. The number of nitriles is 1. The number of nitrogens with zero attached hydrogens (tertiary/aromatic N) is 1. The second kappa shape index (κ2) is 5.14. The summed E-state index contributed by atoms with van der Waals surface area (Å²) in [7, 11) is -4.30. The van der Waals surface area contributed by atoms with E-state index in [2.05, 4.69) is 8.92 Å². The number of hydrogen-bond acceptors (Lipinski definition) is 6. The molecule has 6 nitrogen and oxygen atoms in total. The van der Waals surface area contributed by atoms with Crippen LogP contribution in [0, 0.1) is 11.3 Å². The summed E-state index contributed by atoms with van der Waals surface area (Å²) in [6, 6.07) is 8.88. The van der Waals surface area contributed by atoms with E-state index in [9.17, 15) is 13.2 Å². The van der Waals surface area contributed by atoms with E-state index in [-0.39, 0.29) is 12.2 Å². The lowest BCUT2D eigenvalue weighted by molar-refractivity contribution is -0.128. The predicted molar refractivity (Wildman–Crippen MR) is 52.5 cm³/mol. The molecule has 16 heavy (non-hydrogen) atoms. The van der Waals surface area contributed by atoms with Crippen LogP contribution in [0.25, 0.3) is 0 Å². The molecule has 0 aliphatic rings. The van der Waals surface area contributed by atoms with E-state index in [1.165, 1.54) is 18.2 Å². The topological polar surface area (TPSA) is 93.5 Å². The average molecular weight is 241 g/mol. The summed E-state index contributed by atoms with van der Waals surface area (Å²) in [6.07, 6.45) is 0. The molecule has 0 fully saturated rings. The van der Waals surface area contributed by atoms with Crippen molar-refractivity contribution in [2.45, 2.75) is 5.44 Å². The molecule has 0 aromatic heterocycles. The van der Waals surface area contributed by atoms with Crippen LogP contribution >= 0.6 is 0 Å². The molecule has 0 radical (unpaired) electrons. The first-order chi connectivity index (χ1) is 7.60. The normalized spacial score (nSPS) is 12.2. The molecule has 84 valence electrons. The van der Waals surface area contributed by atoms with Crippen LogP contribution < -0.4 is 4.18 Å². The fourth-order valence-electron chi connectivity index (χ4n) is 0.867. The highest BCUT2D eigenvalue weighted by Crippen LogP contribution is 2.14. The van der Waals surface area contributed by atoms with Crippen LogP contribution in [0.4, 0.5) is 0 Å². The van der Waals surface area contributed by atoms with E-state index in [1.54, 1.807) is 18.2 Å². The van der Waals surface area contributed by atoms with Crippen LogP contribution in [0.5, 0.6) is 5.75 Å². The van der Waals surface area contributed by atoms with Gasteiger partial charge < -0.3 is 8.92 Å². The molecule has 1 unspecified atom stereocenters. The summed E-state index contributed by atoms with van der Waals surface area (Å²) < 4.78 is 31.4. The van der Waals surface area contributed by atoms with Gasteiger partial charge in [-0.15, -0.1) is 0 Å². The highest BCUT2D eigenvalue weighted by atomic mass is 32.2. The molecule has 1 aromatic rings. The molecule has 0 amide bonds. The molecule has 0 aliphatic heterocycles. The van der Waals surface area contributed by atoms with E-state index in [0.717, 1.165) is 0 Å². The second-order valence-electron chi connectivity index (χ2n) is 2.58. The van der Waals surface area contributed by atoms with Crippen molar-refractivity contribution in [2.24, 2.45) is 0 Å². The molecule has 1 aromatic carbocycles. The van der Waals surface area contributed by atoms with Gasteiger partial charge in [0.1, 0.15) is 11.8 Å². The van der Waals surface area contributed by atoms with Crippen LogP contribution in [0.1, 0.15) is 0 Å². The van der Waals surface area contributed by atoms with E-state index in [4.69, 9.17) is 5.26 Å². The van der Waals surface area contributed by atoms with E-state index in [1.807, 2.05) is 0 Å². The molecular weight excluding hydrogens is 234 g/mol. The van der Waals surface area contributed by atoms with Crippen molar-refractivity contribution in [1.29, 1.82) is 5.26 Å². The van der Waals surface area contributed by atoms with Gasteiger partial charge in [-0.3, -0.25) is 4.79 Å². The van der Waals surface area contributed by atoms with Gasteiger partial charge in [-0.1, -0.05) is 18.2 Å². The molecule has 0 saturated heterocycles. The molecule has 1 rings (SSSR count). The molecule has 0 bridgehead atoms. The van der Waals surface area contributed by atoms with Crippen LogP contribution in [0.15, 0.2) is 30.3 Å². The zero-order valence-electron chi connectivity index (χ0n) is 7.94. The minimum atomic E-state index is -4.30. The Labute approximate surface area is 92.1 Å². The van der Waals surface area contributed by atoms with Gasteiger partial charge in [0.25, 0.3) is 6.47 Å². The number of carbonyl (C=O) groups is 1. The summed E-state index contributed by atoms with van der Waals surface area (Å²) >= 11 is 0. The number of carbonyl (C=O) groups excluding carboxylic acids is 1. The predicted octanol–water partition coefficient (Wildman–Crippen LogP) is 0.418. The van der Waals surface area contributed by atoms with Crippen molar-refractivity contribution in [3.63, 3.8) is 0 Å². The Bertz CT molecular complexity index is 490. The lowest BCUT2D eigenvalue weighted by Gasteiger charge is -2.09. The fraction of sp³-hybridized carbons (Fsp3) is 0.111. The van der Waals surface area contributed by atoms with E-state index in [0.29, 0.717) is 0 Å². The molecule has 0 aliphatic carbocycles. The van der Waals surface area contributed by atoms with Gasteiger partial charge in [0.05, 0.1) is 0 Å². The van der Waals surface area contributed by atoms with Crippen molar-refractivity contribution in [1.82, 2.24) is 0 Å². The molecule has 0 spiro atoms. The maximum Gasteiger partial charge on any atom is 0.362 e. The largest absolute Gasteiger partial charge is 0.430 e. The fourth-order valence-corrected chi connectivity index (χ4v) is 1.64. The molecule has 1 atom stereocenters. The highest BCUT2D eigenvalue weighted by Gasteiger charge is 2.29. The van der Waals surface area contributed by atoms with Crippen molar-refractivity contribution < 1.29 is 22.1 Å². The standard InChI is InChI=1S/C9H7NO5S/c10-6-9(14-7-11)16(12,13)15-8-4-2-1-3-5-8/h1-5,7,9H. The third-order valence-electron chi connectivity index (χ3n) is 1.50. The number of hydrogen-bond donors (Lipinski definition) is 0. The Hall–Kier alpha value is -2.07. The quantitative estimate of drug-likeness (QED) is 0.547. The Kier molecular flexibility index (Phi) is 3.85. The van der Waals surface area contributed by atoms with Crippen molar-refractivity contribution in [2.75, 3.05) is 0 Å². The van der Waals surface area contributed by atoms with Crippen LogP contribution in [0.3, 0.4) is 0 Å². The first-order valence-corrected chi connectivity index (χ1v) is 5.54. The summed E-state index contributed by atoms with van der Waals surface area (Å²) in [6.45, 7) is -0.125. The molecule has 0 heterocycles. The van der Waals surface area contributed by atoms with Crippen molar-refractivity contribution >= 4 is 16.6 Å². The van der Waals surface area contributed by atoms with Gasteiger partial charge in [-0.2, -0.15) is 13.7 Å². The summed E-state index contributed by atoms with van der Waals surface area (Å²) in [5, 5.41) is 8.48. The number of ether oxygens (including phenoxy) is 1. The first kappa shape index (κ1) is 12.0. The van der Waals surface area contributed by atoms with Crippen molar-refractivity contribution in [3.8, 4) is 11.8 Å². The summed E-state index contributed by atoms with van der Waals surface area (Å²) in [5.41, 5.74) is -1.97. The first-order valence-electron chi connectivity index (χ1n) is 4.07. The Morgan fingerprint density at radius 2 is 1.94 bits per heavy atom. The lowest BCUT2D eigenvalue weighted by Crippen LogP contribution is -2.27. The average Bonchev–Trinajstić information content (AvgIpc) is 2.26. The maximum absolute atomic E-state index is 11.4. The monoisotopic (exact) mass is 241 g/mol. The van der Waals surface area contributed by atoms with E-state index < -0.39 is 15.6 Å². The number of benzene rings is 1. The van der Waals surface area contributed by atoms with Crippen LogP contribution in [-0.2, 0) is 19.6 Å². The van der Waals surface area contributed by atoms with Gasteiger partial charge in [-0.05, 0) is 12.1 Å². The highest BCUT2D eigenvalue weighted by molar-refractivity contribution is 7.87. The minimum absolute atomic E-state index is 0.0391.